The van der Waals surface area contributed by atoms with Crippen LogP contribution in [-0.2, 0) is 4.74 Å². The third kappa shape index (κ3) is 5.38. The molecule has 1 aromatic carbocycles. The summed E-state index contributed by atoms with van der Waals surface area (Å²) in [6, 6.07) is 7.63. The van der Waals surface area contributed by atoms with Gasteiger partial charge in [-0.15, -0.1) is 0 Å². The predicted octanol–water partition coefficient (Wildman–Crippen LogP) is 2.14. The standard InChI is InChI=1S/C14H23NO3/c1-11(2)9-18-10-12(16)8-15-13-6-4-5-7-14(13)17-3/h4-7,11-12,15-16H,8-10H2,1-3H3. The molecular formula is C14H23NO3. The minimum Gasteiger partial charge on any atom is -0.495 e. The molecule has 1 rings (SSSR count). The Balaban J connectivity index is 2.31. The zero-order valence-corrected chi connectivity index (χ0v) is 11.3. The van der Waals surface area contributed by atoms with Crippen molar-refractivity contribution in [1.82, 2.24) is 0 Å². The molecule has 18 heavy (non-hydrogen) atoms. The van der Waals surface area contributed by atoms with Gasteiger partial charge in [-0.05, 0) is 18.1 Å². The molecule has 0 spiro atoms. The Bertz CT molecular complexity index is 342. The molecule has 102 valence electrons. The normalized spacial score (nSPS) is 12.5. The van der Waals surface area contributed by atoms with Crippen molar-refractivity contribution < 1.29 is 14.6 Å². The first-order chi connectivity index (χ1) is 8.63. The monoisotopic (exact) mass is 253 g/mol. The lowest BCUT2D eigenvalue weighted by Crippen LogP contribution is -2.25. The Morgan fingerprint density at radius 1 is 1.22 bits per heavy atom. The molecule has 0 aliphatic rings. The van der Waals surface area contributed by atoms with Gasteiger partial charge in [0.05, 0.1) is 25.5 Å². The van der Waals surface area contributed by atoms with E-state index in [1.165, 1.54) is 0 Å². The van der Waals surface area contributed by atoms with Crippen LogP contribution in [0, 0.1) is 5.92 Å². The van der Waals surface area contributed by atoms with E-state index in [0.29, 0.717) is 25.7 Å². The number of aliphatic hydroxyl groups excluding tert-OH is 1. The molecule has 0 saturated heterocycles. The number of ether oxygens (including phenoxy) is 2. The van der Waals surface area contributed by atoms with Crippen molar-refractivity contribution in [2.45, 2.75) is 20.0 Å². The quantitative estimate of drug-likeness (QED) is 0.745. The Kier molecular flexibility index (Phi) is 6.54. The van der Waals surface area contributed by atoms with E-state index >= 15 is 0 Å². The van der Waals surface area contributed by atoms with Crippen molar-refractivity contribution in [3.8, 4) is 5.75 Å². The Morgan fingerprint density at radius 3 is 2.61 bits per heavy atom. The molecule has 1 aromatic rings. The highest BCUT2D eigenvalue weighted by Crippen LogP contribution is 2.22. The van der Waals surface area contributed by atoms with Crippen LogP contribution in [0.2, 0.25) is 0 Å². The van der Waals surface area contributed by atoms with Crippen molar-refractivity contribution in [2.75, 3.05) is 32.2 Å². The maximum absolute atomic E-state index is 9.76. The summed E-state index contributed by atoms with van der Waals surface area (Å²) in [6.07, 6.45) is -0.520. The smallest absolute Gasteiger partial charge is 0.141 e. The molecule has 0 saturated carbocycles. The van der Waals surface area contributed by atoms with Gasteiger partial charge in [0.25, 0.3) is 0 Å². The molecule has 2 N–H and O–H groups in total. The molecule has 4 heteroatoms. The van der Waals surface area contributed by atoms with Crippen LogP contribution in [-0.4, -0.2) is 38.1 Å². The molecule has 1 atom stereocenters. The van der Waals surface area contributed by atoms with Crippen molar-refractivity contribution in [3.63, 3.8) is 0 Å². The molecule has 4 nitrogen and oxygen atoms in total. The highest BCUT2D eigenvalue weighted by atomic mass is 16.5. The lowest BCUT2D eigenvalue weighted by Gasteiger charge is -2.15. The maximum Gasteiger partial charge on any atom is 0.141 e. The van der Waals surface area contributed by atoms with Crippen LogP contribution < -0.4 is 10.1 Å². The molecule has 0 aliphatic carbocycles. The summed E-state index contributed by atoms with van der Waals surface area (Å²) in [5, 5.41) is 12.9. The second-order valence-corrected chi connectivity index (χ2v) is 4.67. The van der Waals surface area contributed by atoms with Gasteiger partial charge < -0.3 is 19.9 Å². The van der Waals surface area contributed by atoms with Gasteiger partial charge in [0.15, 0.2) is 0 Å². The molecule has 0 heterocycles. The van der Waals surface area contributed by atoms with Gasteiger partial charge in [-0.1, -0.05) is 26.0 Å². The fourth-order valence-corrected chi connectivity index (χ4v) is 1.52. The number of anilines is 1. The van der Waals surface area contributed by atoms with Crippen LogP contribution in [0.5, 0.6) is 5.75 Å². The maximum atomic E-state index is 9.76. The Hall–Kier alpha value is -1.26. The van der Waals surface area contributed by atoms with Crippen LogP contribution >= 0.6 is 0 Å². The fourth-order valence-electron chi connectivity index (χ4n) is 1.52. The highest BCUT2D eigenvalue weighted by Gasteiger charge is 2.07. The van der Waals surface area contributed by atoms with Crippen molar-refractivity contribution in [1.29, 1.82) is 0 Å². The largest absolute Gasteiger partial charge is 0.495 e. The first-order valence-electron chi connectivity index (χ1n) is 6.26. The van der Waals surface area contributed by atoms with E-state index in [9.17, 15) is 5.11 Å². The summed E-state index contributed by atoms with van der Waals surface area (Å²) in [4.78, 5) is 0. The number of rotatable bonds is 8. The van der Waals surface area contributed by atoms with Gasteiger partial charge in [0.2, 0.25) is 0 Å². The second-order valence-electron chi connectivity index (χ2n) is 4.67. The minimum atomic E-state index is -0.520. The number of methoxy groups -OCH3 is 1. The number of benzene rings is 1. The molecule has 0 aliphatic heterocycles. The summed E-state index contributed by atoms with van der Waals surface area (Å²) < 4.78 is 10.6. The Labute approximate surface area is 109 Å². The zero-order valence-electron chi connectivity index (χ0n) is 11.3. The summed E-state index contributed by atoms with van der Waals surface area (Å²) in [7, 11) is 1.63. The van der Waals surface area contributed by atoms with Gasteiger partial charge in [0, 0.05) is 13.2 Å². The lowest BCUT2D eigenvalue weighted by molar-refractivity contribution is 0.0318. The van der Waals surface area contributed by atoms with E-state index in [1.807, 2.05) is 24.3 Å². The van der Waals surface area contributed by atoms with Gasteiger partial charge in [-0.2, -0.15) is 0 Å². The van der Waals surface area contributed by atoms with E-state index in [4.69, 9.17) is 9.47 Å². The summed E-state index contributed by atoms with van der Waals surface area (Å²) in [6.45, 7) is 5.63. The van der Waals surface area contributed by atoms with E-state index in [-0.39, 0.29) is 0 Å². The first-order valence-corrected chi connectivity index (χ1v) is 6.26. The van der Waals surface area contributed by atoms with Gasteiger partial charge >= 0.3 is 0 Å². The molecular weight excluding hydrogens is 230 g/mol. The number of para-hydroxylation sites is 2. The molecule has 0 radical (unpaired) electrons. The van der Waals surface area contributed by atoms with E-state index < -0.39 is 6.10 Å². The van der Waals surface area contributed by atoms with Gasteiger partial charge in [-0.25, -0.2) is 0 Å². The fraction of sp³-hybridized carbons (Fsp3) is 0.571. The molecule has 0 fully saturated rings. The topological polar surface area (TPSA) is 50.7 Å². The molecule has 0 bridgehead atoms. The highest BCUT2D eigenvalue weighted by molar-refractivity contribution is 5.56. The molecule has 1 unspecified atom stereocenters. The summed E-state index contributed by atoms with van der Waals surface area (Å²) >= 11 is 0. The van der Waals surface area contributed by atoms with Crippen molar-refractivity contribution in [2.24, 2.45) is 5.92 Å². The van der Waals surface area contributed by atoms with Crippen molar-refractivity contribution in [3.05, 3.63) is 24.3 Å². The minimum absolute atomic E-state index is 0.348. The third-order valence-corrected chi connectivity index (χ3v) is 2.40. The van der Waals surface area contributed by atoms with E-state index in [1.54, 1.807) is 7.11 Å². The number of hydrogen-bond donors (Lipinski definition) is 2. The van der Waals surface area contributed by atoms with Crippen LogP contribution in [0.15, 0.2) is 24.3 Å². The predicted molar refractivity (Wildman–Crippen MR) is 73.1 cm³/mol. The van der Waals surface area contributed by atoms with E-state index in [0.717, 1.165) is 11.4 Å². The Morgan fingerprint density at radius 2 is 1.94 bits per heavy atom. The number of nitrogens with one attached hydrogen (secondary N) is 1. The first kappa shape index (κ1) is 14.8. The van der Waals surface area contributed by atoms with Crippen LogP contribution in [0.1, 0.15) is 13.8 Å². The second kappa shape index (κ2) is 7.95. The van der Waals surface area contributed by atoms with E-state index in [2.05, 4.69) is 19.2 Å². The van der Waals surface area contributed by atoms with Crippen LogP contribution in [0.3, 0.4) is 0 Å². The van der Waals surface area contributed by atoms with Gasteiger partial charge in [-0.3, -0.25) is 0 Å². The number of hydrogen-bond acceptors (Lipinski definition) is 4. The number of aliphatic hydroxyl groups is 1. The summed E-state index contributed by atoms with van der Waals surface area (Å²) in [5.74, 6) is 1.26. The lowest BCUT2D eigenvalue weighted by atomic mass is 10.2. The van der Waals surface area contributed by atoms with Crippen LogP contribution in [0.4, 0.5) is 5.69 Å². The average Bonchev–Trinajstić information content (AvgIpc) is 2.36. The average molecular weight is 253 g/mol. The van der Waals surface area contributed by atoms with Crippen molar-refractivity contribution >= 4 is 5.69 Å². The third-order valence-electron chi connectivity index (χ3n) is 2.40. The van der Waals surface area contributed by atoms with Crippen LogP contribution in [0.25, 0.3) is 0 Å². The molecule has 0 aromatic heterocycles. The summed E-state index contributed by atoms with van der Waals surface area (Å²) in [5.41, 5.74) is 0.878. The van der Waals surface area contributed by atoms with Gasteiger partial charge in [0.1, 0.15) is 5.75 Å². The zero-order chi connectivity index (χ0) is 13.4. The SMILES string of the molecule is COc1ccccc1NCC(O)COCC(C)C. The molecule has 0 amide bonds.